The van der Waals surface area contributed by atoms with E-state index >= 15 is 0 Å². The summed E-state index contributed by atoms with van der Waals surface area (Å²) in [5.74, 6) is 0.719. The molecule has 1 aliphatic heterocycles. The molecular formula is C20H22N8O3S. The molecule has 11 nitrogen and oxygen atoms in total. The van der Waals surface area contributed by atoms with Gasteiger partial charge in [-0.15, -0.1) is 5.10 Å². The third-order valence-corrected chi connectivity index (χ3v) is 7.46. The maximum Gasteiger partial charge on any atom is 0.321 e. The highest BCUT2D eigenvalue weighted by atomic mass is 32.2. The molecule has 3 aromatic rings. The minimum Gasteiger partial charge on any atom is -0.322 e. The third-order valence-electron chi connectivity index (χ3n) is 5.58. The van der Waals surface area contributed by atoms with Gasteiger partial charge in [-0.1, -0.05) is 0 Å². The molecule has 2 aliphatic rings. The van der Waals surface area contributed by atoms with Crippen LogP contribution < -0.4 is 5.32 Å². The molecule has 3 heterocycles. The second kappa shape index (κ2) is 8.28. The van der Waals surface area contributed by atoms with Crippen LogP contribution in [0.1, 0.15) is 18.9 Å². The monoisotopic (exact) mass is 454 g/mol. The Labute approximate surface area is 185 Å². The van der Waals surface area contributed by atoms with Crippen molar-refractivity contribution < 1.29 is 13.2 Å². The fourth-order valence-electron chi connectivity index (χ4n) is 3.63. The number of piperazine rings is 1. The number of pyridine rings is 1. The van der Waals surface area contributed by atoms with Crippen LogP contribution in [-0.4, -0.2) is 75.0 Å². The van der Waals surface area contributed by atoms with Crippen LogP contribution in [0.4, 0.5) is 10.5 Å². The van der Waals surface area contributed by atoms with Crippen molar-refractivity contribution in [1.29, 1.82) is 0 Å². The number of nitrogens with zero attached hydrogens (tertiary/aromatic N) is 7. The summed E-state index contributed by atoms with van der Waals surface area (Å²) in [5, 5.41) is 14.8. The zero-order chi connectivity index (χ0) is 22.1. The first-order valence-corrected chi connectivity index (χ1v) is 11.8. The van der Waals surface area contributed by atoms with Gasteiger partial charge in [-0.25, -0.2) is 17.9 Å². The summed E-state index contributed by atoms with van der Waals surface area (Å²) in [5.41, 5.74) is 1.53. The average molecular weight is 455 g/mol. The molecule has 5 rings (SSSR count). The SMILES string of the molecule is O=C(Nc1ccc(-c2nnnn2C2CC2)cc1)N1CCN(S(=O)(=O)c2cccnc2)CC1. The molecular weight excluding hydrogens is 432 g/mol. The number of urea groups is 1. The molecule has 2 aromatic heterocycles. The number of amides is 2. The largest absolute Gasteiger partial charge is 0.322 e. The van der Waals surface area contributed by atoms with Crippen LogP contribution in [0.5, 0.6) is 0 Å². The van der Waals surface area contributed by atoms with Gasteiger partial charge >= 0.3 is 6.03 Å². The van der Waals surface area contributed by atoms with Crippen molar-refractivity contribution in [1.82, 2.24) is 34.4 Å². The molecule has 2 amide bonds. The standard InChI is InChI=1S/C20H22N8O3S/c29-20(26-10-12-27(13-11-26)32(30,31)18-2-1-9-21-14-18)22-16-5-3-15(4-6-16)19-23-24-25-28(19)17-7-8-17/h1-6,9,14,17H,7-8,10-13H2,(H,22,29). The van der Waals surface area contributed by atoms with Gasteiger partial charge in [0, 0.05) is 49.8 Å². The molecule has 32 heavy (non-hydrogen) atoms. The van der Waals surface area contributed by atoms with Crippen molar-refractivity contribution in [3.8, 4) is 11.4 Å². The molecule has 0 unspecified atom stereocenters. The number of rotatable bonds is 5. The summed E-state index contributed by atoms with van der Waals surface area (Å²) in [6.45, 7) is 1.07. The van der Waals surface area contributed by atoms with Crippen molar-refractivity contribution in [2.75, 3.05) is 31.5 Å². The topological polar surface area (TPSA) is 126 Å². The molecule has 2 fully saturated rings. The fraction of sp³-hybridized carbons (Fsp3) is 0.350. The Hall–Kier alpha value is -3.38. The molecule has 1 saturated carbocycles. The summed E-state index contributed by atoms with van der Waals surface area (Å²) in [6.07, 6.45) is 5.04. The number of aromatic nitrogens is 5. The second-order valence-electron chi connectivity index (χ2n) is 7.77. The summed E-state index contributed by atoms with van der Waals surface area (Å²) >= 11 is 0. The quantitative estimate of drug-likeness (QED) is 0.621. The molecule has 0 atom stereocenters. The van der Waals surface area contributed by atoms with Crippen molar-refractivity contribution >= 4 is 21.7 Å². The first-order valence-electron chi connectivity index (χ1n) is 10.4. The number of hydrogen-bond donors (Lipinski definition) is 1. The van der Waals surface area contributed by atoms with E-state index in [1.807, 2.05) is 28.9 Å². The Balaban J connectivity index is 1.19. The Morgan fingerprint density at radius 3 is 2.44 bits per heavy atom. The van der Waals surface area contributed by atoms with Gasteiger partial charge in [-0.05, 0) is 59.7 Å². The van der Waals surface area contributed by atoms with Crippen LogP contribution in [0.15, 0.2) is 53.7 Å². The third kappa shape index (κ3) is 4.06. The van der Waals surface area contributed by atoms with E-state index in [1.54, 1.807) is 11.0 Å². The summed E-state index contributed by atoms with van der Waals surface area (Å²) in [4.78, 5) is 18.3. The maximum atomic E-state index is 12.7. The fourth-order valence-corrected chi connectivity index (χ4v) is 5.02. The zero-order valence-corrected chi connectivity index (χ0v) is 18.0. The molecule has 1 saturated heterocycles. The lowest BCUT2D eigenvalue weighted by Crippen LogP contribution is -2.51. The molecule has 1 N–H and O–H groups in total. The Bertz CT molecular complexity index is 1200. The van der Waals surface area contributed by atoms with E-state index in [1.165, 1.54) is 22.8 Å². The Kier molecular flexibility index (Phi) is 5.31. The van der Waals surface area contributed by atoms with Gasteiger partial charge in [-0.3, -0.25) is 4.98 Å². The lowest BCUT2D eigenvalue weighted by atomic mass is 10.2. The van der Waals surface area contributed by atoms with E-state index in [-0.39, 0.29) is 24.0 Å². The van der Waals surface area contributed by atoms with Gasteiger partial charge in [0.2, 0.25) is 10.0 Å². The number of sulfonamides is 1. The first-order chi connectivity index (χ1) is 15.5. The van der Waals surface area contributed by atoms with Crippen molar-refractivity contribution in [3.63, 3.8) is 0 Å². The smallest absolute Gasteiger partial charge is 0.321 e. The lowest BCUT2D eigenvalue weighted by Gasteiger charge is -2.33. The summed E-state index contributed by atoms with van der Waals surface area (Å²) in [6, 6.07) is 10.6. The summed E-state index contributed by atoms with van der Waals surface area (Å²) in [7, 11) is -3.61. The average Bonchev–Trinajstić information content (AvgIpc) is 3.56. The number of nitrogens with one attached hydrogen (secondary N) is 1. The molecule has 1 aliphatic carbocycles. The number of hydrogen-bond acceptors (Lipinski definition) is 7. The van der Waals surface area contributed by atoms with Crippen molar-refractivity contribution in [2.45, 2.75) is 23.8 Å². The number of benzene rings is 1. The van der Waals surface area contributed by atoms with Crippen LogP contribution in [0.3, 0.4) is 0 Å². The van der Waals surface area contributed by atoms with E-state index in [0.29, 0.717) is 24.8 Å². The van der Waals surface area contributed by atoms with Crippen molar-refractivity contribution in [2.24, 2.45) is 0 Å². The molecule has 166 valence electrons. The van der Waals surface area contributed by atoms with Gasteiger partial charge in [0.15, 0.2) is 5.82 Å². The number of carbonyl (C=O) groups is 1. The lowest BCUT2D eigenvalue weighted by molar-refractivity contribution is 0.184. The molecule has 0 bridgehead atoms. The molecule has 0 radical (unpaired) electrons. The highest BCUT2D eigenvalue weighted by molar-refractivity contribution is 7.89. The van der Waals surface area contributed by atoms with Crippen LogP contribution in [0.25, 0.3) is 11.4 Å². The molecule has 0 spiro atoms. The molecule has 12 heteroatoms. The van der Waals surface area contributed by atoms with E-state index in [4.69, 9.17) is 0 Å². The van der Waals surface area contributed by atoms with E-state index in [0.717, 1.165) is 24.2 Å². The zero-order valence-electron chi connectivity index (χ0n) is 17.2. The number of anilines is 1. The Morgan fingerprint density at radius 2 is 1.78 bits per heavy atom. The van der Waals surface area contributed by atoms with E-state index in [2.05, 4.69) is 25.8 Å². The predicted octanol–water partition coefficient (Wildman–Crippen LogP) is 1.61. The summed E-state index contributed by atoms with van der Waals surface area (Å²) < 4.78 is 28.6. The normalized spacial score (nSPS) is 17.3. The highest BCUT2D eigenvalue weighted by Crippen LogP contribution is 2.36. The first kappa shape index (κ1) is 20.5. The van der Waals surface area contributed by atoms with Gasteiger partial charge in [0.25, 0.3) is 0 Å². The van der Waals surface area contributed by atoms with Gasteiger partial charge < -0.3 is 10.2 Å². The number of tetrazole rings is 1. The van der Waals surface area contributed by atoms with Crippen LogP contribution in [0.2, 0.25) is 0 Å². The van der Waals surface area contributed by atoms with Crippen molar-refractivity contribution in [3.05, 3.63) is 48.8 Å². The van der Waals surface area contributed by atoms with Crippen LogP contribution in [-0.2, 0) is 10.0 Å². The van der Waals surface area contributed by atoms with E-state index in [9.17, 15) is 13.2 Å². The Morgan fingerprint density at radius 1 is 1.03 bits per heavy atom. The maximum absolute atomic E-state index is 12.7. The van der Waals surface area contributed by atoms with Gasteiger partial charge in [0.1, 0.15) is 4.90 Å². The van der Waals surface area contributed by atoms with Gasteiger partial charge in [-0.2, -0.15) is 4.31 Å². The van der Waals surface area contributed by atoms with Crippen LogP contribution in [0, 0.1) is 0 Å². The molecule has 1 aromatic carbocycles. The van der Waals surface area contributed by atoms with E-state index < -0.39 is 10.0 Å². The van der Waals surface area contributed by atoms with Gasteiger partial charge in [0.05, 0.1) is 6.04 Å². The second-order valence-corrected chi connectivity index (χ2v) is 9.70. The highest BCUT2D eigenvalue weighted by Gasteiger charge is 2.30. The predicted molar refractivity (Wildman–Crippen MR) is 115 cm³/mol. The minimum atomic E-state index is -3.61. The minimum absolute atomic E-state index is 0.158. The number of carbonyl (C=O) groups excluding carboxylic acids is 1. The van der Waals surface area contributed by atoms with Crippen LogP contribution >= 0.6 is 0 Å².